The monoisotopic (exact) mass is 309 g/mol. The Kier molecular flexibility index (Phi) is 5.18. The average molecular weight is 310 g/mol. The molecule has 18 heavy (non-hydrogen) atoms. The fourth-order valence-corrected chi connectivity index (χ4v) is 2.58. The van der Waals surface area contributed by atoms with E-state index in [1.807, 2.05) is 12.1 Å². The van der Waals surface area contributed by atoms with Crippen LogP contribution in [0, 0.1) is 17.2 Å². The lowest BCUT2D eigenvalue weighted by Crippen LogP contribution is -2.43. The molecule has 0 radical (unpaired) electrons. The molecule has 1 aromatic carbocycles. The maximum Gasteiger partial charge on any atom is 0.0992 e. The molecule has 1 atom stereocenters. The Hall–Kier alpha value is -1.05. The van der Waals surface area contributed by atoms with Crippen molar-refractivity contribution in [2.75, 3.05) is 11.9 Å². The quantitative estimate of drug-likeness (QED) is 0.875. The smallest absolute Gasteiger partial charge is 0.0992 e. The van der Waals surface area contributed by atoms with Crippen molar-refractivity contribution in [3.05, 3.63) is 28.2 Å². The van der Waals surface area contributed by atoms with E-state index < -0.39 is 0 Å². The minimum atomic E-state index is -0.134. The summed E-state index contributed by atoms with van der Waals surface area (Å²) in [5, 5.41) is 12.3. The third kappa shape index (κ3) is 4.01. The summed E-state index contributed by atoms with van der Waals surface area (Å²) >= 11 is 3.48. The van der Waals surface area contributed by atoms with Gasteiger partial charge in [-0.2, -0.15) is 5.26 Å². The van der Waals surface area contributed by atoms with Crippen LogP contribution in [0.3, 0.4) is 0 Å². The van der Waals surface area contributed by atoms with Crippen LogP contribution >= 0.6 is 15.9 Å². The Labute approximate surface area is 118 Å². The summed E-state index contributed by atoms with van der Waals surface area (Å²) in [6, 6.07) is 7.65. The molecule has 0 aromatic heterocycles. The fourth-order valence-electron chi connectivity index (χ4n) is 2.10. The van der Waals surface area contributed by atoms with Crippen molar-refractivity contribution >= 4 is 21.6 Å². The summed E-state index contributed by atoms with van der Waals surface area (Å²) in [7, 11) is 0. The number of nitrogens with zero attached hydrogens (tertiary/aromatic N) is 1. The number of nitrogens with two attached hydrogens (primary N) is 1. The van der Waals surface area contributed by atoms with Crippen molar-refractivity contribution in [3.8, 4) is 6.07 Å². The summed E-state index contributed by atoms with van der Waals surface area (Å²) in [6.45, 7) is 7.06. The first-order chi connectivity index (χ1) is 8.40. The molecular formula is C14H20BrN3. The molecule has 0 heterocycles. The highest BCUT2D eigenvalue weighted by atomic mass is 79.9. The number of nitriles is 1. The standard InChI is InChI=1S/C14H20BrN3/c1-10(2)7-14(3,9-17)18-13-5-4-11(8-16)6-12(13)15/h4-6,10,18H,7,9,17H2,1-3H3. The van der Waals surface area contributed by atoms with E-state index in [1.165, 1.54) is 0 Å². The molecular weight excluding hydrogens is 290 g/mol. The molecule has 0 aliphatic heterocycles. The van der Waals surface area contributed by atoms with Gasteiger partial charge in [-0.3, -0.25) is 0 Å². The summed E-state index contributed by atoms with van der Waals surface area (Å²) in [5.41, 5.74) is 7.36. The van der Waals surface area contributed by atoms with Crippen molar-refractivity contribution in [2.45, 2.75) is 32.7 Å². The number of nitrogens with one attached hydrogen (secondary N) is 1. The fraction of sp³-hybridized carbons (Fsp3) is 0.500. The van der Waals surface area contributed by atoms with E-state index in [9.17, 15) is 0 Å². The van der Waals surface area contributed by atoms with Crippen LogP contribution in [0.4, 0.5) is 5.69 Å². The first kappa shape index (κ1) is 15.0. The van der Waals surface area contributed by atoms with Crippen molar-refractivity contribution in [3.63, 3.8) is 0 Å². The molecule has 0 fully saturated rings. The number of hydrogen-bond donors (Lipinski definition) is 2. The first-order valence-electron chi connectivity index (χ1n) is 6.08. The second-order valence-corrected chi connectivity index (χ2v) is 6.15. The van der Waals surface area contributed by atoms with E-state index in [4.69, 9.17) is 11.0 Å². The highest BCUT2D eigenvalue weighted by molar-refractivity contribution is 9.10. The van der Waals surface area contributed by atoms with Gasteiger partial charge in [0.1, 0.15) is 0 Å². The topological polar surface area (TPSA) is 61.8 Å². The molecule has 0 saturated heterocycles. The molecule has 0 bridgehead atoms. The Balaban J connectivity index is 2.92. The minimum Gasteiger partial charge on any atom is -0.378 e. The summed E-state index contributed by atoms with van der Waals surface area (Å²) < 4.78 is 0.894. The molecule has 98 valence electrons. The molecule has 0 amide bonds. The molecule has 4 heteroatoms. The third-order valence-corrected chi connectivity index (χ3v) is 3.50. The van der Waals surface area contributed by atoms with Crippen LogP contribution in [-0.4, -0.2) is 12.1 Å². The summed E-state index contributed by atoms with van der Waals surface area (Å²) in [4.78, 5) is 0. The zero-order valence-electron chi connectivity index (χ0n) is 11.1. The SMILES string of the molecule is CC(C)CC(C)(CN)Nc1ccc(C#N)cc1Br. The van der Waals surface area contributed by atoms with E-state index in [-0.39, 0.29) is 5.54 Å². The van der Waals surface area contributed by atoms with Crippen molar-refractivity contribution in [2.24, 2.45) is 11.7 Å². The molecule has 3 N–H and O–H groups in total. The van der Waals surface area contributed by atoms with E-state index in [0.29, 0.717) is 18.0 Å². The van der Waals surface area contributed by atoms with Gasteiger partial charge in [0.05, 0.1) is 11.6 Å². The van der Waals surface area contributed by atoms with Crippen molar-refractivity contribution < 1.29 is 0 Å². The lowest BCUT2D eigenvalue weighted by Gasteiger charge is -2.32. The Morgan fingerprint density at radius 1 is 1.50 bits per heavy atom. The van der Waals surface area contributed by atoms with Gasteiger partial charge in [-0.15, -0.1) is 0 Å². The van der Waals surface area contributed by atoms with Crippen LogP contribution in [0.15, 0.2) is 22.7 Å². The van der Waals surface area contributed by atoms with Gasteiger partial charge in [0.15, 0.2) is 0 Å². The number of rotatable bonds is 5. The van der Waals surface area contributed by atoms with Gasteiger partial charge < -0.3 is 11.1 Å². The van der Waals surface area contributed by atoms with Crippen LogP contribution in [0.2, 0.25) is 0 Å². The van der Waals surface area contributed by atoms with Crippen LogP contribution in [0.5, 0.6) is 0 Å². The van der Waals surface area contributed by atoms with Crippen molar-refractivity contribution in [1.82, 2.24) is 0 Å². The number of anilines is 1. The van der Waals surface area contributed by atoms with Crippen molar-refractivity contribution in [1.29, 1.82) is 5.26 Å². The van der Waals surface area contributed by atoms with Gasteiger partial charge >= 0.3 is 0 Å². The zero-order chi connectivity index (χ0) is 13.8. The molecule has 0 saturated carbocycles. The minimum absolute atomic E-state index is 0.134. The summed E-state index contributed by atoms with van der Waals surface area (Å²) in [5.74, 6) is 0.572. The van der Waals surface area contributed by atoms with Gasteiger partial charge in [0.25, 0.3) is 0 Å². The number of halogens is 1. The Bertz CT molecular complexity index is 451. The number of benzene rings is 1. The highest BCUT2D eigenvalue weighted by Crippen LogP contribution is 2.28. The molecule has 3 nitrogen and oxygen atoms in total. The van der Waals surface area contributed by atoms with Gasteiger partial charge in [-0.25, -0.2) is 0 Å². The molecule has 1 aromatic rings. The van der Waals surface area contributed by atoms with Crippen LogP contribution in [0.25, 0.3) is 0 Å². The Morgan fingerprint density at radius 2 is 2.17 bits per heavy atom. The largest absolute Gasteiger partial charge is 0.378 e. The van der Waals surface area contributed by atoms with E-state index >= 15 is 0 Å². The molecule has 0 aliphatic carbocycles. The van der Waals surface area contributed by atoms with Gasteiger partial charge in [-0.1, -0.05) is 13.8 Å². The maximum atomic E-state index is 8.84. The van der Waals surface area contributed by atoms with E-state index in [0.717, 1.165) is 16.6 Å². The first-order valence-corrected chi connectivity index (χ1v) is 6.87. The Morgan fingerprint density at radius 3 is 2.61 bits per heavy atom. The molecule has 0 aliphatic rings. The van der Waals surface area contributed by atoms with E-state index in [2.05, 4.69) is 48.1 Å². The third-order valence-electron chi connectivity index (χ3n) is 2.84. The molecule has 1 rings (SSSR count). The normalized spacial score (nSPS) is 14.1. The lowest BCUT2D eigenvalue weighted by molar-refractivity contribution is 0.407. The second-order valence-electron chi connectivity index (χ2n) is 5.29. The van der Waals surface area contributed by atoms with Gasteiger partial charge in [0, 0.05) is 22.2 Å². The molecule has 0 spiro atoms. The summed E-state index contributed by atoms with van der Waals surface area (Å²) in [6.07, 6.45) is 0.996. The second kappa shape index (κ2) is 6.21. The molecule has 1 unspecified atom stereocenters. The maximum absolute atomic E-state index is 8.84. The predicted molar refractivity (Wildman–Crippen MR) is 79.4 cm³/mol. The number of hydrogen-bond acceptors (Lipinski definition) is 3. The van der Waals surface area contributed by atoms with Gasteiger partial charge in [-0.05, 0) is 53.4 Å². The van der Waals surface area contributed by atoms with Crippen LogP contribution in [0.1, 0.15) is 32.8 Å². The highest BCUT2D eigenvalue weighted by Gasteiger charge is 2.24. The lowest BCUT2D eigenvalue weighted by atomic mass is 9.90. The van der Waals surface area contributed by atoms with Crippen LogP contribution in [-0.2, 0) is 0 Å². The zero-order valence-corrected chi connectivity index (χ0v) is 12.7. The van der Waals surface area contributed by atoms with E-state index in [1.54, 1.807) is 6.07 Å². The van der Waals surface area contributed by atoms with Crippen LogP contribution < -0.4 is 11.1 Å². The average Bonchev–Trinajstić information content (AvgIpc) is 2.31. The van der Waals surface area contributed by atoms with Gasteiger partial charge in [0.2, 0.25) is 0 Å². The predicted octanol–water partition coefficient (Wildman–Crippen LogP) is 3.50.